The molecule has 0 saturated heterocycles. The third-order valence-corrected chi connectivity index (χ3v) is 2.83. The molecule has 0 aliphatic rings. The van der Waals surface area contributed by atoms with Gasteiger partial charge in [-0.25, -0.2) is 4.98 Å². The van der Waals surface area contributed by atoms with E-state index in [1.165, 1.54) is 11.5 Å². The summed E-state index contributed by atoms with van der Waals surface area (Å²) < 4.78 is 4.04. The number of halogens is 1. The fourth-order valence-corrected chi connectivity index (χ4v) is 1.94. The van der Waals surface area contributed by atoms with E-state index in [0.29, 0.717) is 27.2 Å². The highest BCUT2D eigenvalue weighted by molar-refractivity contribution is 7.09. The van der Waals surface area contributed by atoms with Gasteiger partial charge in [0.15, 0.2) is 0 Å². The predicted octanol–water partition coefficient (Wildman–Crippen LogP) is 3.12. The second kappa shape index (κ2) is 4.47. The fraction of sp³-hybridized carbons (Fsp3) is 0.100. The molecule has 1 aromatic heterocycles. The van der Waals surface area contributed by atoms with Gasteiger partial charge >= 0.3 is 0 Å². The first kappa shape index (κ1) is 10.9. The van der Waals surface area contributed by atoms with Gasteiger partial charge in [0, 0.05) is 16.6 Å². The number of hydrogen-bond donors (Lipinski definition) is 1. The lowest BCUT2D eigenvalue weighted by atomic mass is 10.2. The number of anilines is 2. The largest absolute Gasteiger partial charge is 0.329 e. The fourth-order valence-electron chi connectivity index (χ4n) is 1.18. The molecule has 0 fully saturated rings. The van der Waals surface area contributed by atoms with Crippen molar-refractivity contribution in [2.24, 2.45) is 0 Å². The van der Waals surface area contributed by atoms with Crippen molar-refractivity contribution in [3.8, 4) is 6.07 Å². The van der Waals surface area contributed by atoms with Gasteiger partial charge in [-0.15, -0.1) is 0 Å². The Labute approximate surface area is 102 Å². The summed E-state index contributed by atoms with van der Waals surface area (Å²) in [7, 11) is 0. The summed E-state index contributed by atoms with van der Waals surface area (Å²) in [6.45, 7) is 1.81. The van der Waals surface area contributed by atoms with E-state index in [4.69, 9.17) is 16.9 Å². The molecule has 0 unspecified atom stereocenters. The van der Waals surface area contributed by atoms with Crippen LogP contribution in [0.15, 0.2) is 18.2 Å². The van der Waals surface area contributed by atoms with E-state index in [9.17, 15) is 0 Å². The van der Waals surface area contributed by atoms with Gasteiger partial charge in [-0.2, -0.15) is 9.64 Å². The van der Waals surface area contributed by atoms with Crippen LogP contribution in [0.5, 0.6) is 0 Å². The number of nitrogens with zero attached hydrogens (tertiary/aromatic N) is 3. The summed E-state index contributed by atoms with van der Waals surface area (Å²) in [5.41, 5.74) is 1.17. The van der Waals surface area contributed by atoms with E-state index < -0.39 is 0 Å². The number of nitriles is 1. The monoisotopic (exact) mass is 250 g/mol. The quantitative estimate of drug-likeness (QED) is 0.890. The highest BCUT2D eigenvalue weighted by Crippen LogP contribution is 2.24. The Bertz CT molecular complexity index is 558. The maximum atomic E-state index is 8.93. The van der Waals surface area contributed by atoms with E-state index in [2.05, 4.69) is 20.7 Å². The molecule has 4 nitrogen and oxygen atoms in total. The molecule has 2 aromatic rings. The van der Waals surface area contributed by atoms with Crippen molar-refractivity contribution in [3.05, 3.63) is 34.6 Å². The molecule has 0 radical (unpaired) electrons. The summed E-state index contributed by atoms with van der Waals surface area (Å²) in [6, 6.07) is 7.12. The minimum absolute atomic E-state index is 0.525. The van der Waals surface area contributed by atoms with Crippen molar-refractivity contribution in [3.63, 3.8) is 0 Å². The average molecular weight is 251 g/mol. The first-order valence-electron chi connectivity index (χ1n) is 4.46. The van der Waals surface area contributed by atoms with Crippen LogP contribution in [-0.4, -0.2) is 9.36 Å². The third kappa shape index (κ3) is 2.30. The van der Waals surface area contributed by atoms with Crippen molar-refractivity contribution in [1.29, 1.82) is 5.26 Å². The Morgan fingerprint density at radius 1 is 1.50 bits per heavy atom. The molecular formula is C10H7ClN4S. The molecule has 0 aliphatic heterocycles. The smallest absolute Gasteiger partial charge is 0.207 e. The standard InChI is InChI=1S/C10H7ClN4S/c1-6-13-10(16-15-6)14-9-4-8(11)3-2-7(9)5-12/h2-4H,1H3,(H,13,14,15). The maximum Gasteiger partial charge on any atom is 0.207 e. The molecule has 0 amide bonds. The predicted molar refractivity (Wildman–Crippen MR) is 64.1 cm³/mol. The summed E-state index contributed by atoms with van der Waals surface area (Å²) in [6.07, 6.45) is 0. The van der Waals surface area contributed by atoms with Gasteiger partial charge in [0.05, 0.1) is 11.3 Å². The van der Waals surface area contributed by atoms with Gasteiger partial charge in [-0.05, 0) is 25.1 Å². The average Bonchev–Trinajstić information content (AvgIpc) is 2.64. The highest BCUT2D eigenvalue weighted by atomic mass is 35.5. The lowest BCUT2D eigenvalue weighted by Gasteiger charge is -2.04. The van der Waals surface area contributed by atoms with E-state index >= 15 is 0 Å². The third-order valence-electron chi connectivity index (χ3n) is 1.87. The van der Waals surface area contributed by atoms with E-state index in [1.807, 2.05) is 6.92 Å². The molecule has 16 heavy (non-hydrogen) atoms. The van der Waals surface area contributed by atoms with Gasteiger partial charge < -0.3 is 5.32 Å². The highest BCUT2D eigenvalue weighted by Gasteiger charge is 2.06. The van der Waals surface area contributed by atoms with Gasteiger partial charge in [0.1, 0.15) is 11.9 Å². The number of aryl methyl sites for hydroxylation is 1. The van der Waals surface area contributed by atoms with Crippen LogP contribution >= 0.6 is 23.1 Å². The first-order valence-corrected chi connectivity index (χ1v) is 5.61. The summed E-state index contributed by atoms with van der Waals surface area (Å²) in [5, 5.41) is 13.2. The van der Waals surface area contributed by atoms with Crippen molar-refractivity contribution < 1.29 is 0 Å². The number of benzene rings is 1. The van der Waals surface area contributed by atoms with Crippen LogP contribution in [0, 0.1) is 18.3 Å². The number of hydrogen-bond acceptors (Lipinski definition) is 5. The Hall–Kier alpha value is -1.64. The van der Waals surface area contributed by atoms with Crippen molar-refractivity contribution in [2.75, 3.05) is 5.32 Å². The van der Waals surface area contributed by atoms with E-state index in [0.717, 1.165) is 0 Å². The van der Waals surface area contributed by atoms with Crippen molar-refractivity contribution >= 4 is 34.0 Å². The van der Waals surface area contributed by atoms with Crippen LogP contribution in [0.25, 0.3) is 0 Å². The zero-order chi connectivity index (χ0) is 11.5. The summed E-state index contributed by atoms with van der Waals surface area (Å²) in [5.74, 6) is 0.702. The molecule has 1 heterocycles. The van der Waals surface area contributed by atoms with E-state index in [-0.39, 0.29) is 0 Å². The zero-order valence-corrected chi connectivity index (χ0v) is 9.93. The van der Waals surface area contributed by atoms with Crippen molar-refractivity contribution in [2.45, 2.75) is 6.92 Å². The Kier molecular flexibility index (Phi) is 3.04. The molecule has 0 bridgehead atoms. The van der Waals surface area contributed by atoms with Crippen LogP contribution < -0.4 is 5.32 Å². The van der Waals surface area contributed by atoms with Crippen LogP contribution in [-0.2, 0) is 0 Å². The Morgan fingerprint density at radius 2 is 2.31 bits per heavy atom. The minimum atomic E-state index is 0.525. The molecule has 1 aromatic carbocycles. The maximum absolute atomic E-state index is 8.93. The topological polar surface area (TPSA) is 61.6 Å². The molecule has 1 N–H and O–H groups in total. The molecule has 80 valence electrons. The molecular weight excluding hydrogens is 244 g/mol. The second-order valence-corrected chi connectivity index (χ2v) is 4.26. The zero-order valence-electron chi connectivity index (χ0n) is 8.36. The molecule has 0 saturated carbocycles. The molecule has 0 spiro atoms. The normalized spacial score (nSPS) is 9.81. The lowest BCUT2D eigenvalue weighted by molar-refractivity contribution is 1.17. The minimum Gasteiger partial charge on any atom is -0.329 e. The first-order chi connectivity index (χ1) is 7.69. The summed E-state index contributed by atoms with van der Waals surface area (Å²) in [4.78, 5) is 4.15. The molecule has 0 atom stereocenters. The Morgan fingerprint density at radius 3 is 2.94 bits per heavy atom. The van der Waals surface area contributed by atoms with Gasteiger partial charge in [-0.1, -0.05) is 11.6 Å². The summed E-state index contributed by atoms with van der Waals surface area (Å²) >= 11 is 7.11. The SMILES string of the molecule is Cc1nsc(Nc2cc(Cl)ccc2C#N)n1. The van der Waals surface area contributed by atoms with Gasteiger partial charge in [0.2, 0.25) is 5.13 Å². The number of nitrogens with one attached hydrogen (secondary N) is 1. The van der Waals surface area contributed by atoms with Crippen LogP contribution in [0.3, 0.4) is 0 Å². The van der Waals surface area contributed by atoms with Crippen LogP contribution in [0.4, 0.5) is 10.8 Å². The second-order valence-electron chi connectivity index (χ2n) is 3.07. The molecule has 6 heteroatoms. The van der Waals surface area contributed by atoms with Crippen LogP contribution in [0.2, 0.25) is 5.02 Å². The number of rotatable bonds is 2. The van der Waals surface area contributed by atoms with Gasteiger partial charge in [-0.3, -0.25) is 0 Å². The number of aromatic nitrogens is 2. The molecule has 0 aliphatic carbocycles. The van der Waals surface area contributed by atoms with Crippen LogP contribution in [0.1, 0.15) is 11.4 Å². The Balaban J connectivity index is 2.34. The molecule has 2 rings (SSSR count). The van der Waals surface area contributed by atoms with Gasteiger partial charge in [0.25, 0.3) is 0 Å². The lowest BCUT2D eigenvalue weighted by Crippen LogP contribution is -1.93. The van der Waals surface area contributed by atoms with Crippen molar-refractivity contribution in [1.82, 2.24) is 9.36 Å². The van der Waals surface area contributed by atoms with E-state index in [1.54, 1.807) is 18.2 Å².